The van der Waals surface area contributed by atoms with Crippen molar-refractivity contribution in [3.63, 3.8) is 0 Å². The highest BCUT2D eigenvalue weighted by Gasteiger charge is 2.33. The van der Waals surface area contributed by atoms with Crippen molar-refractivity contribution in [1.29, 1.82) is 0 Å². The predicted molar refractivity (Wildman–Crippen MR) is 102 cm³/mol. The van der Waals surface area contributed by atoms with E-state index in [9.17, 15) is 0 Å². The van der Waals surface area contributed by atoms with Gasteiger partial charge in [0, 0.05) is 17.0 Å². The minimum atomic E-state index is 0.0769. The summed E-state index contributed by atoms with van der Waals surface area (Å²) >= 11 is 0. The summed E-state index contributed by atoms with van der Waals surface area (Å²) in [7, 11) is 0. The Bertz CT molecular complexity index is 739. The number of aryl methyl sites for hydroxylation is 1. The number of fused-ring (bicyclic) bond motifs is 1. The monoisotopic (exact) mass is 322 g/mol. The average Bonchev–Trinajstić information content (AvgIpc) is 2.89. The zero-order valence-electron chi connectivity index (χ0n) is 16.2. The van der Waals surface area contributed by atoms with Gasteiger partial charge in [-0.15, -0.1) is 0 Å². The van der Waals surface area contributed by atoms with E-state index >= 15 is 0 Å². The Kier molecular flexibility index (Phi) is 4.02. The Hall–Kier alpha value is -1.76. The van der Waals surface area contributed by atoms with Crippen LogP contribution in [0.1, 0.15) is 75.3 Å². The molecule has 0 bridgehead atoms. The normalized spacial score (nSPS) is 17.5. The third kappa shape index (κ3) is 3.09. The van der Waals surface area contributed by atoms with Gasteiger partial charge >= 0.3 is 0 Å². The molecule has 1 aliphatic rings. The van der Waals surface area contributed by atoms with Crippen molar-refractivity contribution in [2.24, 2.45) is 0 Å². The van der Waals surface area contributed by atoms with Crippen LogP contribution in [0.2, 0.25) is 0 Å². The molecule has 0 aromatic heterocycles. The number of benzene rings is 2. The molecule has 2 aromatic rings. The lowest BCUT2D eigenvalue weighted by Crippen LogP contribution is -2.17. The van der Waals surface area contributed by atoms with Crippen LogP contribution >= 0.6 is 0 Å². The van der Waals surface area contributed by atoms with E-state index in [0.717, 1.165) is 12.4 Å². The second-order valence-corrected chi connectivity index (χ2v) is 9.22. The van der Waals surface area contributed by atoms with Crippen molar-refractivity contribution < 1.29 is 4.74 Å². The van der Waals surface area contributed by atoms with E-state index in [-0.39, 0.29) is 10.8 Å². The van der Waals surface area contributed by atoms with E-state index in [2.05, 4.69) is 84.9 Å². The molecule has 1 heteroatoms. The van der Waals surface area contributed by atoms with Crippen molar-refractivity contribution in [1.82, 2.24) is 0 Å². The minimum Gasteiger partial charge on any atom is -0.492 e. The predicted octanol–water partition coefficient (Wildman–Crippen LogP) is 6.11. The Balaban J connectivity index is 2.17. The van der Waals surface area contributed by atoms with Crippen LogP contribution in [-0.4, -0.2) is 6.61 Å². The van der Waals surface area contributed by atoms with E-state index in [0.29, 0.717) is 5.92 Å². The smallest absolute Gasteiger partial charge is 0.127 e. The fourth-order valence-electron chi connectivity index (χ4n) is 3.39. The fourth-order valence-corrected chi connectivity index (χ4v) is 3.39. The lowest BCUT2D eigenvalue weighted by Gasteiger charge is -2.27. The van der Waals surface area contributed by atoms with Crippen LogP contribution in [0.15, 0.2) is 36.4 Å². The molecule has 0 saturated heterocycles. The fraction of sp³-hybridized carbons (Fsp3) is 0.478. The topological polar surface area (TPSA) is 9.23 Å². The highest BCUT2D eigenvalue weighted by atomic mass is 16.5. The van der Waals surface area contributed by atoms with Crippen molar-refractivity contribution >= 4 is 0 Å². The summed E-state index contributed by atoms with van der Waals surface area (Å²) in [6, 6.07) is 13.6. The molecule has 1 atom stereocenters. The second kappa shape index (κ2) is 5.65. The first-order chi connectivity index (χ1) is 11.1. The van der Waals surface area contributed by atoms with Crippen LogP contribution in [0.25, 0.3) is 0 Å². The second-order valence-electron chi connectivity index (χ2n) is 9.22. The van der Waals surface area contributed by atoms with Gasteiger partial charge in [0.05, 0.1) is 6.61 Å². The van der Waals surface area contributed by atoms with Gasteiger partial charge in [0.2, 0.25) is 0 Å². The molecule has 0 saturated carbocycles. The van der Waals surface area contributed by atoms with Gasteiger partial charge in [-0.05, 0) is 28.9 Å². The molecule has 3 rings (SSSR count). The van der Waals surface area contributed by atoms with Gasteiger partial charge in [-0.1, -0.05) is 83.5 Å². The lowest BCUT2D eigenvalue weighted by molar-refractivity contribution is 0.334. The number of ether oxygens (including phenoxy) is 1. The molecule has 0 amide bonds. The standard InChI is InChI=1S/C23H30O/c1-15-8-10-16(11-9-15)19-14-24-21-18(19)12-17(22(2,3)4)13-20(21)23(5,6)7/h8-13,19H,14H2,1-7H3. The van der Waals surface area contributed by atoms with Crippen LogP contribution in [0.3, 0.4) is 0 Å². The summed E-state index contributed by atoms with van der Waals surface area (Å²) in [5.74, 6) is 1.45. The van der Waals surface area contributed by atoms with Crippen molar-refractivity contribution in [3.8, 4) is 5.75 Å². The molecule has 24 heavy (non-hydrogen) atoms. The van der Waals surface area contributed by atoms with Gasteiger partial charge in [0.15, 0.2) is 0 Å². The molecule has 1 nitrogen and oxygen atoms in total. The third-order valence-electron chi connectivity index (χ3n) is 5.04. The number of rotatable bonds is 1. The summed E-state index contributed by atoms with van der Waals surface area (Å²) in [6.07, 6.45) is 0. The first-order valence-electron chi connectivity index (χ1n) is 8.95. The summed E-state index contributed by atoms with van der Waals surface area (Å²) in [6.45, 7) is 16.6. The van der Waals surface area contributed by atoms with Crippen molar-refractivity contribution in [2.45, 2.75) is 65.2 Å². The van der Waals surface area contributed by atoms with Crippen LogP contribution in [0, 0.1) is 6.92 Å². The van der Waals surface area contributed by atoms with Gasteiger partial charge in [0.25, 0.3) is 0 Å². The Morgan fingerprint density at radius 1 is 0.875 bits per heavy atom. The van der Waals surface area contributed by atoms with Gasteiger partial charge in [-0.3, -0.25) is 0 Å². The van der Waals surface area contributed by atoms with E-state index in [1.807, 2.05) is 0 Å². The molecule has 128 valence electrons. The van der Waals surface area contributed by atoms with Crippen molar-refractivity contribution in [2.75, 3.05) is 6.61 Å². The average molecular weight is 322 g/mol. The van der Waals surface area contributed by atoms with Crippen LogP contribution in [-0.2, 0) is 10.8 Å². The highest BCUT2D eigenvalue weighted by Crippen LogP contribution is 2.46. The maximum Gasteiger partial charge on any atom is 0.127 e. The van der Waals surface area contributed by atoms with E-state index in [4.69, 9.17) is 4.74 Å². The molecule has 0 aliphatic carbocycles. The Morgan fingerprint density at radius 3 is 2.04 bits per heavy atom. The maximum absolute atomic E-state index is 6.22. The largest absolute Gasteiger partial charge is 0.492 e. The zero-order valence-corrected chi connectivity index (χ0v) is 16.2. The van der Waals surface area contributed by atoms with E-state index < -0.39 is 0 Å². The third-order valence-corrected chi connectivity index (χ3v) is 5.04. The molecule has 1 heterocycles. The molecule has 1 aliphatic heterocycles. The number of hydrogen-bond acceptors (Lipinski definition) is 1. The van der Waals surface area contributed by atoms with Crippen molar-refractivity contribution in [3.05, 3.63) is 64.2 Å². The Labute approximate surface area is 147 Å². The molecule has 1 unspecified atom stereocenters. The Morgan fingerprint density at radius 2 is 1.50 bits per heavy atom. The molecule has 0 N–H and O–H groups in total. The molecular weight excluding hydrogens is 292 g/mol. The van der Waals surface area contributed by atoms with Gasteiger partial charge in [0.1, 0.15) is 5.75 Å². The minimum absolute atomic E-state index is 0.0769. The van der Waals surface area contributed by atoms with Crippen LogP contribution in [0.5, 0.6) is 5.75 Å². The van der Waals surface area contributed by atoms with Gasteiger partial charge < -0.3 is 4.74 Å². The maximum atomic E-state index is 6.22. The van der Waals surface area contributed by atoms with Gasteiger partial charge in [-0.25, -0.2) is 0 Å². The number of hydrogen-bond donors (Lipinski definition) is 0. The first-order valence-corrected chi connectivity index (χ1v) is 8.95. The molecule has 2 aromatic carbocycles. The van der Waals surface area contributed by atoms with Crippen LogP contribution < -0.4 is 4.74 Å². The zero-order chi connectivity index (χ0) is 17.7. The summed E-state index contributed by atoms with van der Waals surface area (Å²) in [5.41, 5.74) is 6.95. The lowest BCUT2D eigenvalue weighted by atomic mass is 9.77. The molecule has 0 fully saturated rings. The highest BCUT2D eigenvalue weighted by molar-refractivity contribution is 5.55. The molecular formula is C23H30O. The molecule has 0 spiro atoms. The van der Waals surface area contributed by atoms with E-state index in [1.54, 1.807) is 0 Å². The first kappa shape index (κ1) is 17.1. The SMILES string of the molecule is Cc1ccc(C2COc3c2cc(C(C)(C)C)cc3C(C)(C)C)cc1. The summed E-state index contributed by atoms with van der Waals surface area (Å²) < 4.78 is 6.22. The molecule has 0 radical (unpaired) electrons. The summed E-state index contributed by atoms with van der Waals surface area (Å²) in [4.78, 5) is 0. The van der Waals surface area contributed by atoms with Gasteiger partial charge in [-0.2, -0.15) is 0 Å². The van der Waals surface area contributed by atoms with Crippen LogP contribution in [0.4, 0.5) is 0 Å². The van der Waals surface area contributed by atoms with E-state index in [1.165, 1.54) is 27.8 Å². The quantitative estimate of drug-likeness (QED) is 0.615. The summed E-state index contributed by atoms with van der Waals surface area (Å²) in [5, 5.41) is 0.